The summed E-state index contributed by atoms with van der Waals surface area (Å²) in [4.78, 5) is 28.5. The van der Waals surface area contributed by atoms with Gasteiger partial charge in [0, 0.05) is 43.2 Å². The lowest BCUT2D eigenvalue weighted by Crippen LogP contribution is -2.20. The van der Waals surface area contributed by atoms with Crippen LogP contribution in [0.5, 0.6) is 0 Å². The lowest BCUT2D eigenvalue weighted by Gasteiger charge is -2.19. The molecular formula is C19H16N4O. The first kappa shape index (κ1) is 14.5. The van der Waals surface area contributed by atoms with E-state index in [2.05, 4.69) is 15.0 Å². The molecule has 2 aromatic rings. The average molecular weight is 316 g/mol. The quantitative estimate of drug-likeness (QED) is 0.813. The normalized spacial score (nSPS) is 15.7. The number of carbonyl (C=O) groups is 1. The third-order valence-electron chi connectivity index (χ3n) is 4.25. The Hall–Kier alpha value is -3.08. The summed E-state index contributed by atoms with van der Waals surface area (Å²) in [7, 11) is 3.78. The molecule has 1 aliphatic heterocycles. The molecule has 5 nitrogen and oxygen atoms in total. The number of benzene rings is 1. The molecule has 0 N–H and O–H groups in total. The fourth-order valence-corrected chi connectivity index (χ4v) is 3.00. The number of ketones is 1. The van der Waals surface area contributed by atoms with Crippen molar-refractivity contribution in [2.24, 2.45) is 9.98 Å². The lowest BCUT2D eigenvalue weighted by molar-refractivity contribution is 0.105. The second-order valence-electron chi connectivity index (χ2n) is 6.06. The summed E-state index contributed by atoms with van der Waals surface area (Å²) in [6.07, 6.45) is 3.45. The highest BCUT2D eigenvalue weighted by Crippen LogP contribution is 2.36. The van der Waals surface area contributed by atoms with E-state index in [1.165, 1.54) is 0 Å². The van der Waals surface area contributed by atoms with Gasteiger partial charge in [-0.15, -0.1) is 0 Å². The Labute approximate surface area is 140 Å². The fourth-order valence-electron chi connectivity index (χ4n) is 3.00. The summed E-state index contributed by atoms with van der Waals surface area (Å²) in [5.74, 6) is 0.572. The van der Waals surface area contributed by atoms with Crippen LogP contribution < -0.4 is 0 Å². The molecule has 2 heterocycles. The Morgan fingerprint density at radius 3 is 2.42 bits per heavy atom. The molecule has 0 saturated heterocycles. The van der Waals surface area contributed by atoms with Crippen molar-refractivity contribution in [1.82, 2.24) is 9.88 Å². The number of pyridine rings is 1. The molecule has 0 bridgehead atoms. The molecule has 0 fully saturated rings. The van der Waals surface area contributed by atoms with Gasteiger partial charge in [0.05, 0.1) is 5.57 Å². The van der Waals surface area contributed by atoms with Crippen LogP contribution in [0.25, 0.3) is 5.57 Å². The number of hydrogen-bond donors (Lipinski definition) is 0. The fraction of sp³-hybridized carbons (Fsp3) is 0.158. The van der Waals surface area contributed by atoms with E-state index in [9.17, 15) is 4.79 Å². The van der Waals surface area contributed by atoms with E-state index in [4.69, 9.17) is 0 Å². The molecule has 4 rings (SSSR count). The highest BCUT2D eigenvalue weighted by Gasteiger charge is 2.35. The molecule has 5 heteroatoms. The van der Waals surface area contributed by atoms with E-state index in [0.717, 1.165) is 22.4 Å². The molecule has 0 amide bonds. The highest BCUT2D eigenvalue weighted by atomic mass is 16.1. The summed E-state index contributed by atoms with van der Waals surface area (Å²) >= 11 is 0. The zero-order chi connectivity index (χ0) is 16.8. The molecule has 0 spiro atoms. The molecule has 1 aromatic carbocycles. The largest absolute Gasteiger partial charge is 0.347 e. The van der Waals surface area contributed by atoms with E-state index in [1.54, 1.807) is 12.4 Å². The van der Waals surface area contributed by atoms with Gasteiger partial charge in [-0.05, 0) is 18.6 Å². The summed E-state index contributed by atoms with van der Waals surface area (Å²) < 4.78 is 0. The van der Waals surface area contributed by atoms with Crippen molar-refractivity contribution in [2.75, 3.05) is 14.1 Å². The van der Waals surface area contributed by atoms with E-state index in [-0.39, 0.29) is 5.78 Å². The molecule has 24 heavy (non-hydrogen) atoms. The SMILES string of the molecule is Cc1ccncc1C1=C2N=C(N(C)C)N=C2c2ccccc2C1=O. The van der Waals surface area contributed by atoms with Crippen molar-refractivity contribution >= 4 is 23.0 Å². The predicted octanol–water partition coefficient (Wildman–Crippen LogP) is 2.72. The first-order valence-electron chi connectivity index (χ1n) is 7.72. The van der Waals surface area contributed by atoms with Crippen LogP contribution in [0.2, 0.25) is 0 Å². The van der Waals surface area contributed by atoms with Gasteiger partial charge in [-0.1, -0.05) is 24.3 Å². The van der Waals surface area contributed by atoms with Crippen molar-refractivity contribution in [1.29, 1.82) is 0 Å². The Balaban J connectivity index is 2.05. The molecular weight excluding hydrogens is 300 g/mol. The van der Waals surface area contributed by atoms with Gasteiger partial charge in [0.2, 0.25) is 5.96 Å². The van der Waals surface area contributed by atoms with Gasteiger partial charge in [0.1, 0.15) is 11.4 Å². The van der Waals surface area contributed by atoms with E-state index in [0.29, 0.717) is 22.8 Å². The van der Waals surface area contributed by atoms with Gasteiger partial charge in [0.25, 0.3) is 0 Å². The van der Waals surface area contributed by atoms with Gasteiger partial charge in [0.15, 0.2) is 5.78 Å². The molecule has 1 aromatic heterocycles. The van der Waals surface area contributed by atoms with Crippen LogP contribution >= 0.6 is 0 Å². The second-order valence-corrected chi connectivity index (χ2v) is 6.06. The molecule has 2 aliphatic rings. The number of guanidine groups is 1. The number of rotatable bonds is 1. The molecule has 0 atom stereocenters. The number of fused-ring (bicyclic) bond motifs is 3. The molecule has 0 saturated carbocycles. The zero-order valence-electron chi connectivity index (χ0n) is 13.7. The number of aryl methyl sites for hydroxylation is 1. The maximum Gasteiger partial charge on any atom is 0.226 e. The third-order valence-corrected chi connectivity index (χ3v) is 4.25. The van der Waals surface area contributed by atoms with E-state index >= 15 is 0 Å². The van der Waals surface area contributed by atoms with E-state index < -0.39 is 0 Å². The number of allylic oxidation sites excluding steroid dienone is 2. The molecule has 0 radical (unpaired) electrons. The number of aromatic nitrogens is 1. The Morgan fingerprint density at radius 1 is 0.958 bits per heavy atom. The van der Waals surface area contributed by atoms with Crippen molar-refractivity contribution < 1.29 is 4.79 Å². The number of Topliss-reactive ketones (excluding diaryl/α,β-unsaturated/α-hetero) is 1. The topological polar surface area (TPSA) is 57.9 Å². The summed E-state index contributed by atoms with van der Waals surface area (Å²) in [5.41, 5.74) is 5.27. The molecule has 1 aliphatic carbocycles. The predicted molar refractivity (Wildman–Crippen MR) is 94.3 cm³/mol. The van der Waals surface area contributed by atoms with Crippen LogP contribution in [-0.2, 0) is 0 Å². The van der Waals surface area contributed by atoms with Gasteiger partial charge < -0.3 is 4.90 Å². The summed E-state index contributed by atoms with van der Waals surface area (Å²) in [6, 6.07) is 9.46. The van der Waals surface area contributed by atoms with Crippen molar-refractivity contribution in [3.63, 3.8) is 0 Å². The minimum atomic E-state index is -0.0283. The summed E-state index contributed by atoms with van der Waals surface area (Å²) in [6.45, 7) is 1.97. The van der Waals surface area contributed by atoms with Crippen LogP contribution in [0.1, 0.15) is 27.0 Å². The zero-order valence-corrected chi connectivity index (χ0v) is 13.7. The minimum Gasteiger partial charge on any atom is -0.347 e. The highest BCUT2D eigenvalue weighted by molar-refractivity contribution is 6.43. The maximum absolute atomic E-state index is 13.2. The first-order chi connectivity index (χ1) is 11.6. The van der Waals surface area contributed by atoms with Crippen molar-refractivity contribution in [3.8, 4) is 0 Å². The summed E-state index contributed by atoms with van der Waals surface area (Å²) in [5, 5.41) is 0. The van der Waals surface area contributed by atoms with Crippen LogP contribution in [-0.4, -0.2) is 41.4 Å². The minimum absolute atomic E-state index is 0.0283. The van der Waals surface area contributed by atoms with Crippen molar-refractivity contribution in [2.45, 2.75) is 6.92 Å². The maximum atomic E-state index is 13.2. The third kappa shape index (κ3) is 2.01. The Bertz CT molecular complexity index is 967. The first-order valence-corrected chi connectivity index (χ1v) is 7.72. The molecule has 0 unspecified atom stereocenters. The van der Waals surface area contributed by atoms with Crippen LogP contribution in [0, 0.1) is 6.92 Å². The van der Waals surface area contributed by atoms with Crippen LogP contribution in [0.4, 0.5) is 0 Å². The van der Waals surface area contributed by atoms with Crippen molar-refractivity contribution in [3.05, 3.63) is 70.7 Å². The van der Waals surface area contributed by atoms with Crippen LogP contribution in [0.15, 0.2) is 58.4 Å². The lowest BCUT2D eigenvalue weighted by atomic mass is 9.83. The molecule has 118 valence electrons. The number of carbonyl (C=O) groups excluding carboxylic acids is 1. The second kappa shape index (κ2) is 5.23. The number of aliphatic imine (C=N–C) groups is 2. The van der Waals surface area contributed by atoms with Gasteiger partial charge >= 0.3 is 0 Å². The van der Waals surface area contributed by atoms with Crippen LogP contribution in [0.3, 0.4) is 0 Å². The van der Waals surface area contributed by atoms with Gasteiger partial charge in [-0.3, -0.25) is 9.78 Å². The monoisotopic (exact) mass is 316 g/mol. The number of hydrogen-bond acceptors (Lipinski definition) is 5. The number of nitrogens with zero attached hydrogens (tertiary/aromatic N) is 4. The Morgan fingerprint density at radius 2 is 1.71 bits per heavy atom. The Kier molecular flexibility index (Phi) is 3.16. The standard InChI is InChI=1S/C19H16N4O/c1-11-8-9-20-10-14(11)15-17-16(21-19(22-17)23(2)3)12-6-4-5-7-13(12)18(15)24/h4-10H,1-3H3. The average Bonchev–Trinajstić information content (AvgIpc) is 3.02. The smallest absolute Gasteiger partial charge is 0.226 e. The van der Waals surface area contributed by atoms with Gasteiger partial charge in [-0.25, -0.2) is 9.98 Å². The van der Waals surface area contributed by atoms with E-state index in [1.807, 2.05) is 56.3 Å². The van der Waals surface area contributed by atoms with Gasteiger partial charge in [-0.2, -0.15) is 0 Å².